The largest absolute Gasteiger partial charge is 0.311 e. The Morgan fingerprint density at radius 3 is 1.05 bits per heavy atom. The van der Waals surface area contributed by atoms with E-state index in [1.807, 2.05) is 0 Å². The SMILES string of the molecule is CC(C)(C)c1ccc2c(c1)c1cc(C(C)(C)C)ccc1n2-c1ccc2c(c1)N(c1ccc(-c3ccc4c(c3)C(C)(C)CC4(C)C)cc1)c1cc(-n3c4ccc(C(C)(C)C)cc4c4cc(C(C)(C)C)ccc43)cc3c1B2c1cc(-c2ccccc2C(C)(C)C)ccc1N3c1ccc(-c2ccc3c(c2)C(C)(C)CC3(C)C)cc1. The lowest BCUT2D eigenvalue weighted by molar-refractivity contribution is 0.402. The Morgan fingerprint density at radius 1 is 0.270 bits per heavy atom. The fourth-order valence-corrected chi connectivity index (χ4v) is 20.8. The summed E-state index contributed by atoms with van der Waals surface area (Å²) < 4.78 is 5.18. The van der Waals surface area contributed by atoms with Crippen LogP contribution in [0.15, 0.2) is 231 Å². The van der Waals surface area contributed by atoms with E-state index in [4.69, 9.17) is 0 Å². The first-order valence-electron chi connectivity index (χ1n) is 41.0. The van der Waals surface area contributed by atoms with Crippen molar-refractivity contribution in [1.82, 2.24) is 9.13 Å². The van der Waals surface area contributed by atoms with Crippen LogP contribution >= 0.6 is 0 Å². The van der Waals surface area contributed by atoms with Gasteiger partial charge in [0.15, 0.2) is 0 Å². The van der Waals surface area contributed by atoms with Gasteiger partial charge in [-0.1, -0.05) is 287 Å². The van der Waals surface area contributed by atoms with Crippen LogP contribution in [0.3, 0.4) is 0 Å². The topological polar surface area (TPSA) is 16.3 Å². The summed E-state index contributed by atoms with van der Waals surface area (Å²) in [6.07, 6.45) is 2.25. The molecule has 4 heterocycles. The number of hydrogen-bond acceptors (Lipinski definition) is 2. The van der Waals surface area contributed by atoms with Crippen LogP contribution in [0.25, 0.3) is 88.4 Å². The number of anilines is 6. The van der Waals surface area contributed by atoms with Crippen LogP contribution in [0.4, 0.5) is 34.1 Å². The average molecular weight is 1450 g/mol. The van der Waals surface area contributed by atoms with Crippen molar-refractivity contribution in [1.29, 1.82) is 0 Å². The zero-order valence-electron chi connectivity index (χ0n) is 70.2. The van der Waals surface area contributed by atoms with Gasteiger partial charge in [-0.3, -0.25) is 0 Å². The molecule has 0 radical (unpaired) electrons. The molecule has 0 unspecified atom stereocenters. The first-order valence-corrected chi connectivity index (χ1v) is 41.0. The Balaban J connectivity index is 0.951. The monoisotopic (exact) mass is 1450 g/mol. The minimum Gasteiger partial charge on any atom is -0.311 e. The molecular weight excluding hydrogens is 1340 g/mol. The molecule has 4 nitrogen and oxygen atoms in total. The van der Waals surface area contributed by atoms with Crippen molar-refractivity contribution in [3.8, 4) is 44.8 Å². The highest BCUT2D eigenvalue weighted by Crippen LogP contribution is 2.55. The van der Waals surface area contributed by atoms with Gasteiger partial charge >= 0.3 is 0 Å². The molecule has 12 aromatic carbocycles. The van der Waals surface area contributed by atoms with E-state index < -0.39 is 0 Å². The lowest BCUT2D eigenvalue weighted by Crippen LogP contribution is -2.61. The quantitative estimate of drug-likeness (QED) is 0.148. The molecule has 2 aromatic heterocycles. The standard InChI is InChI=1S/C106H111BN4/c1-98(2,3)69-35-48-89-78(55-69)79-56-70(99(4,5)6)36-49-90(79)110(89)75-43-46-87-94(59-75)109(74-41-30-65(31-42-74)67-33-45-84-86(53-67)106(22,23)63-104(84,18)19)96-61-76(111-91-50-37-71(100(7,8)9)57-80(91)81-58-72(101(10,11)12)38-51-92(81)111)60-95-97(96)107(87)88-54-68(77-26-24-25-27-82(77)102(13,14)15)34-47-93(88)108(95)73-39-28-64(29-40-73)66-32-44-83-85(52-66)105(20,21)62-103(83,16)17/h24-61H,62-63H2,1-23H3. The second kappa shape index (κ2) is 24.2. The number of aromatic nitrogens is 2. The van der Waals surface area contributed by atoms with Gasteiger partial charge < -0.3 is 18.9 Å². The third-order valence-electron chi connectivity index (χ3n) is 26.2. The van der Waals surface area contributed by atoms with Crippen LogP contribution < -0.4 is 26.2 Å². The van der Waals surface area contributed by atoms with Crippen molar-refractivity contribution in [3.05, 3.63) is 281 Å². The molecule has 0 amide bonds. The molecule has 111 heavy (non-hydrogen) atoms. The Hall–Kier alpha value is -10.1. The molecule has 4 aliphatic rings. The zero-order valence-corrected chi connectivity index (χ0v) is 70.2. The molecule has 0 saturated carbocycles. The van der Waals surface area contributed by atoms with Gasteiger partial charge in [-0.2, -0.15) is 0 Å². The fourth-order valence-electron chi connectivity index (χ4n) is 20.8. The maximum absolute atomic E-state index is 2.67. The molecule has 5 heteroatoms. The molecule has 0 spiro atoms. The Morgan fingerprint density at radius 2 is 0.631 bits per heavy atom. The van der Waals surface area contributed by atoms with E-state index in [0.29, 0.717) is 0 Å². The van der Waals surface area contributed by atoms with Crippen molar-refractivity contribution in [3.63, 3.8) is 0 Å². The highest BCUT2D eigenvalue weighted by molar-refractivity contribution is 7.00. The van der Waals surface area contributed by atoms with Crippen molar-refractivity contribution in [2.75, 3.05) is 9.80 Å². The van der Waals surface area contributed by atoms with Gasteiger partial charge in [-0.15, -0.1) is 0 Å². The molecule has 2 aliphatic carbocycles. The Labute approximate surface area is 661 Å². The number of benzene rings is 12. The summed E-state index contributed by atoms with van der Waals surface area (Å²) in [4.78, 5) is 5.31. The Kier molecular flexibility index (Phi) is 15.8. The van der Waals surface area contributed by atoms with Crippen molar-refractivity contribution in [2.24, 2.45) is 0 Å². The summed E-state index contributed by atoms with van der Waals surface area (Å²) in [5.74, 6) is 0. The summed E-state index contributed by atoms with van der Waals surface area (Å²) >= 11 is 0. The van der Waals surface area contributed by atoms with Gasteiger partial charge in [0.2, 0.25) is 0 Å². The van der Waals surface area contributed by atoms with Crippen molar-refractivity contribution in [2.45, 2.75) is 221 Å². The van der Waals surface area contributed by atoms with E-state index in [1.165, 1.54) is 149 Å². The summed E-state index contributed by atoms with van der Waals surface area (Å²) in [5.41, 5.74) is 37.7. The molecule has 0 bridgehead atoms. The molecule has 18 rings (SSSR count). The third-order valence-corrected chi connectivity index (χ3v) is 26.2. The third kappa shape index (κ3) is 11.6. The lowest BCUT2D eigenvalue weighted by Gasteiger charge is -2.45. The van der Waals surface area contributed by atoms with E-state index >= 15 is 0 Å². The van der Waals surface area contributed by atoms with E-state index in [1.54, 1.807) is 0 Å². The fraction of sp³-hybridized carbons (Fsp3) is 0.321. The molecule has 0 atom stereocenters. The van der Waals surface area contributed by atoms with Crippen LogP contribution in [0.2, 0.25) is 0 Å². The number of hydrogen-bond donors (Lipinski definition) is 0. The molecular formula is C106H111BN4. The summed E-state index contributed by atoms with van der Waals surface area (Å²) in [7, 11) is 0. The van der Waals surface area contributed by atoms with Crippen molar-refractivity contribution < 1.29 is 0 Å². The van der Waals surface area contributed by atoms with Crippen LogP contribution in [-0.2, 0) is 48.7 Å². The highest BCUT2D eigenvalue weighted by Gasteiger charge is 2.47. The molecule has 0 saturated heterocycles. The van der Waals surface area contributed by atoms with Gasteiger partial charge in [-0.25, -0.2) is 0 Å². The molecule has 0 fully saturated rings. The van der Waals surface area contributed by atoms with E-state index in [2.05, 4.69) is 409 Å². The van der Waals surface area contributed by atoms with Gasteiger partial charge in [0.25, 0.3) is 6.71 Å². The molecule has 14 aromatic rings. The summed E-state index contributed by atoms with van der Waals surface area (Å²) in [6.45, 7) is 54.4. The first-order chi connectivity index (χ1) is 52.1. The lowest BCUT2D eigenvalue weighted by atomic mass is 9.33. The van der Waals surface area contributed by atoms with Crippen LogP contribution in [0.5, 0.6) is 0 Å². The Bertz CT molecular complexity index is 6080. The molecule has 558 valence electrons. The summed E-state index contributed by atoms with van der Waals surface area (Å²) in [6, 6.07) is 92.3. The van der Waals surface area contributed by atoms with E-state index in [0.717, 1.165) is 52.7 Å². The number of rotatable bonds is 7. The van der Waals surface area contributed by atoms with Crippen molar-refractivity contribution >= 4 is 101 Å². The maximum atomic E-state index is 2.67. The van der Waals surface area contributed by atoms with Crippen LogP contribution in [-0.4, -0.2) is 15.8 Å². The average Bonchev–Trinajstić information content (AvgIpc) is 0.757. The first kappa shape index (κ1) is 72.4. The predicted molar refractivity (Wildman–Crippen MR) is 480 cm³/mol. The minimum atomic E-state index is -0.197. The highest BCUT2D eigenvalue weighted by atomic mass is 15.2. The van der Waals surface area contributed by atoms with E-state index in [9.17, 15) is 0 Å². The normalized spacial score (nSPS) is 16.2. The van der Waals surface area contributed by atoms with Crippen LogP contribution in [0.1, 0.15) is 222 Å². The van der Waals surface area contributed by atoms with Gasteiger partial charge in [-0.05, 0) is 265 Å². The van der Waals surface area contributed by atoms with Gasteiger partial charge in [0, 0.05) is 61.4 Å². The zero-order chi connectivity index (χ0) is 78.3. The van der Waals surface area contributed by atoms with Gasteiger partial charge in [0.05, 0.1) is 27.8 Å². The minimum absolute atomic E-state index is 0.0448. The molecule has 0 N–H and O–H groups in total. The second-order valence-corrected chi connectivity index (χ2v) is 41.4. The second-order valence-electron chi connectivity index (χ2n) is 41.4. The predicted octanol–water partition coefficient (Wildman–Crippen LogP) is 27.4. The van der Waals surface area contributed by atoms with Crippen LogP contribution in [0, 0.1) is 0 Å². The van der Waals surface area contributed by atoms with E-state index in [-0.39, 0.29) is 55.4 Å². The number of nitrogens with zero attached hydrogens (tertiary/aromatic N) is 4. The number of fused-ring (bicyclic) bond motifs is 12. The smallest absolute Gasteiger partial charge is 0.252 e. The maximum Gasteiger partial charge on any atom is 0.252 e. The van der Waals surface area contributed by atoms with Gasteiger partial charge in [0.1, 0.15) is 0 Å². The molecule has 2 aliphatic heterocycles. The summed E-state index contributed by atoms with van der Waals surface area (Å²) in [5, 5.41) is 5.09.